The number of amides is 1. The molecule has 1 aliphatic rings. The number of aromatic amines is 1. The van der Waals surface area contributed by atoms with Crippen molar-refractivity contribution in [1.29, 1.82) is 5.26 Å². The summed E-state index contributed by atoms with van der Waals surface area (Å²) in [5.41, 5.74) is 6.78. The van der Waals surface area contributed by atoms with Crippen LogP contribution in [0.5, 0.6) is 0 Å². The highest BCUT2D eigenvalue weighted by molar-refractivity contribution is 5.85. The molecule has 1 amide bonds. The van der Waals surface area contributed by atoms with E-state index in [-0.39, 0.29) is 13.3 Å². The number of nitriles is 1. The first-order chi connectivity index (χ1) is 13.1. The molecule has 1 fully saturated rings. The van der Waals surface area contributed by atoms with Crippen molar-refractivity contribution in [2.45, 2.75) is 12.0 Å². The number of nitrogens with one attached hydrogen (secondary N) is 2. The number of nitrogens with two attached hydrogens (primary N) is 1. The van der Waals surface area contributed by atoms with Crippen molar-refractivity contribution in [1.82, 2.24) is 20.3 Å². The number of hydrogen-bond acceptors (Lipinski definition) is 6. The number of benzene rings is 1. The molecule has 3 heterocycles. The molecule has 0 aliphatic carbocycles. The van der Waals surface area contributed by atoms with Crippen LogP contribution in [0.1, 0.15) is 5.56 Å². The summed E-state index contributed by atoms with van der Waals surface area (Å²) >= 11 is 0. The van der Waals surface area contributed by atoms with E-state index in [2.05, 4.69) is 26.3 Å². The summed E-state index contributed by atoms with van der Waals surface area (Å²) in [5.74, 6) is -0.684. The number of hydrogen-bond donors (Lipinski definition) is 3. The maximum Gasteiger partial charge on any atom is 0.252 e. The summed E-state index contributed by atoms with van der Waals surface area (Å²) in [6, 6.07) is 11.7. The van der Waals surface area contributed by atoms with Crippen LogP contribution in [0.4, 0.5) is 0 Å². The fourth-order valence-corrected chi connectivity index (χ4v) is 3.34. The van der Waals surface area contributed by atoms with Gasteiger partial charge in [-0.25, -0.2) is 9.97 Å². The Morgan fingerprint density at radius 2 is 2.19 bits per heavy atom. The normalized spacial score (nSPS) is 20.4. The van der Waals surface area contributed by atoms with Crippen LogP contribution >= 0.6 is 0 Å². The molecule has 0 saturated carbocycles. The lowest BCUT2D eigenvalue weighted by Crippen LogP contribution is -2.53. The molecule has 4 N–H and O–H groups in total. The van der Waals surface area contributed by atoms with Gasteiger partial charge in [-0.05, 0) is 18.1 Å². The van der Waals surface area contributed by atoms with E-state index in [0.717, 1.165) is 22.2 Å². The molecule has 1 saturated heterocycles. The minimum Gasteiger partial charge on any atom is -0.367 e. The van der Waals surface area contributed by atoms with Crippen LogP contribution in [0.15, 0.2) is 42.7 Å². The number of H-pyrrole nitrogens is 1. The lowest BCUT2D eigenvalue weighted by atomic mass is 9.83. The molecule has 1 aliphatic heterocycles. The first kappa shape index (κ1) is 17.1. The molecule has 1 unspecified atom stereocenters. The van der Waals surface area contributed by atoms with E-state index in [1.54, 1.807) is 6.20 Å². The summed E-state index contributed by atoms with van der Waals surface area (Å²) in [7, 11) is 0. The quantitative estimate of drug-likeness (QED) is 0.623. The molecule has 27 heavy (non-hydrogen) atoms. The monoisotopic (exact) mass is 362 g/mol. The van der Waals surface area contributed by atoms with E-state index in [1.165, 1.54) is 0 Å². The molecule has 4 rings (SSSR count). The fourth-order valence-electron chi connectivity index (χ4n) is 3.34. The average molecular weight is 362 g/mol. The lowest BCUT2D eigenvalue weighted by molar-refractivity contribution is -0.140. The van der Waals surface area contributed by atoms with Crippen LogP contribution in [-0.2, 0) is 16.0 Å². The van der Waals surface area contributed by atoms with Crippen molar-refractivity contribution in [2.24, 2.45) is 11.7 Å². The highest BCUT2D eigenvalue weighted by atomic mass is 16.5. The van der Waals surface area contributed by atoms with Crippen molar-refractivity contribution < 1.29 is 9.53 Å². The average Bonchev–Trinajstić information content (AvgIpc) is 3.36. The summed E-state index contributed by atoms with van der Waals surface area (Å²) in [5, 5.41) is 13.5. The van der Waals surface area contributed by atoms with E-state index in [9.17, 15) is 10.1 Å². The number of ether oxygens (including phenoxy) is 1. The smallest absolute Gasteiger partial charge is 0.252 e. The third-order valence-electron chi connectivity index (χ3n) is 4.91. The van der Waals surface area contributed by atoms with Crippen molar-refractivity contribution in [3.63, 3.8) is 0 Å². The van der Waals surface area contributed by atoms with Gasteiger partial charge >= 0.3 is 0 Å². The number of fused-ring (bicyclic) bond motifs is 1. The number of aromatic nitrogens is 3. The second kappa shape index (κ2) is 6.79. The Balaban J connectivity index is 1.56. The van der Waals surface area contributed by atoms with Crippen LogP contribution < -0.4 is 11.1 Å². The summed E-state index contributed by atoms with van der Waals surface area (Å²) in [6.45, 7) is 0.446. The number of carbonyl (C=O) groups is 1. The van der Waals surface area contributed by atoms with E-state index < -0.39 is 17.4 Å². The van der Waals surface area contributed by atoms with Crippen molar-refractivity contribution >= 4 is 16.9 Å². The number of nitrogens with zero attached hydrogens (tertiary/aromatic N) is 3. The highest BCUT2D eigenvalue weighted by Crippen LogP contribution is 2.28. The molecular weight excluding hydrogens is 344 g/mol. The number of rotatable bonds is 5. The van der Waals surface area contributed by atoms with Gasteiger partial charge in [0.05, 0.1) is 18.7 Å². The molecular formula is C19H18N6O2. The number of carbonyl (C=O) groups excluding carboxylic acids is 1. The molecule has 8 heteroatoms. The Labute approximate surface area is 155 Å². The third-order valence-corrected chi connectivity index (χ3v) is 4.91. The minimum atomic E-state index is -1.30. The largest absolute Gasteiger partial charge is 0.367 e. The Morgan fingerprint density at radius 1 is 1.37 bits per heavy atom. The van der Waals surface area contributed by atoms with Crippen molar-refractivity contribution in [3.05, 3.63) is 48.3 Å². The molecule has 3 aromatic rings. The van der Waals surface area contributed by atoms with Gasteiger partial charge in [0.1, 0.15) is 5.65 Å². The predicted molar refractivity (Wildman–Crippen MR) is 98.0 cm³/mol. The SMILES string of the molecule is N#C[C@H](Cc1ccc(-c2ncc3cc[nH]c3n2)cc1)C1(C(N)=O)CNCO1. The van der Waals surface area contributed by atoms with Crippen molar-refractivity contribution in [2.75, 3.05) is 13.3 Å². The van der Waals surface area contributed by atoms with Crippen molar-refractivity contribution in [3.8, 4) is 17.5 Å². The van der Waals surface area contributed by atoms with Gasteiger partial charge in [0, 0.05) is 29.9 Å². The Kier molecular flexibility index (Phi) is 4.32. The van der Waals surface area contributed by atoms with Gasteiger partial charge in [-0.1, -0.05) is 24.3 Å². The zero-order chi connectivity index (χ0) is 18.9. The van der Waals surface area contributed by atoms with Gasteiger partial charge in [-0.15, -0.1) is 0 Å². The third kappa shape index (κ3) is 3.03. The first-order valence-corrected chi connectivity index (χ1v) is 8.56. The fraction of sp³-hybridized carbons (Fsp3) is 0.263. The molecule has 2 atom stereocenters. The van der Waals surface area contributed by atoms with Gasteiger partial charge in [0.2, 0.25) is 0 Å². The second-order valence-corrected chi connectivity index (χ2v) is 6.53. The summed E-state index contributed by atoms with van der Waals surface area (Å²) in [4.78, 5) is 23.9. The van der Waals surface area contributed by atoms with Crippen LogP contribution in [0.25, 0.3) is 22.4 Å². The van der Waals surface area contributed by atoms with Crippen LogP contribution in [0, 0.1) is 17.2 Å². The van der Waals surface area contributed by atoms with Crippen LogP contribution in [-0.4, -0.2) is 39.7 Å². The molecule has 0 spiro atoms. The van der Waals surface area contributed by atoms with Gasteiger partial charge in [0.25, 0.3) is 5.91 Å². The Bertz CT molecular complexity index is 1010. The van der Waals surface area contributed by atoms with E-state index in [1.807, 2.05) is 36.5 Å². The van der Waals surface area contributed by atoms with Gasteiger partial charge < -0.3 is 15.5 Å². The molecule has 0 radical (unpaired) electrons. The summed E-state index contributed by atoms with van der Waals surface area (Å²) in [6.07, 6.45) is 3.95. The molecule has 1 aromatic carbocycles. The lowest BCUT2D eigenvalue weighted by Gasteiger charge is -2.28. The first-order valence-electron chi connectivity index (χ1n) is 8.56. The maximum absolute atomic E-state index is 11.9. The Morgan fingerprint density at radius 3 is 2.85 bits per heavy atom. The Hall–Kier alpha value is -3.28. The standard InChI is InChI=1S/C19H18N6O2/c20-8-15(19(18(21)26)10-22-11-27-19)7-12-1-3-13(4-2-12)16-24-9-14-5-6-23-17(14)25-16/h1-6,9,15,22H,7,10-11H2,(H2,21,26)(H,23,24,25)/t15-,19?/m0/s1. The summed E-state index contributed by atoms with van der Waals surface area (Å²) < 4.78 is 5.52. The van der Waals surface area contributed by atoms with Gasteiger partial charge in [0.15, 0.2) is 11.4 Å². The molecule has 136 valence electrons. The van der Waals surface area contributed by atoms with E-state index in [0.29, 0.717) is 12.2 Å². The number of primary amides is 1. The van der Waals surface area contributed by atoms with Crippen LogP contribution in [0.3, 0.4) is 0 Å². The van der Waals surface area contributed by atoms with Gasteiger partial charge in [-0.3, -0.25) is 10.1 Å². The zero-order valence-electron chi connectivity index (χ0n) is 14.5. The molecule has 8 nitrogen and oxygen atoms in total. The second-order valence-electron chi connectivity index (χ2n) is 6.53. The predicted octanol–water partition coefficient (Wildman–Crippen LogP) is 1.11. The van der Waals surface area contributed by atoms with E-state index in [4.69, 9.17) is 10.5 Å². The molecule has 0 bridgehead atoms. The maximum atomic E-state index is 11.9. The van der Waals surface area contributed by atoms with Gasteiger partial charge in [-0.2, -0.15) is 5.26 Å². The minimum absolute atomic E-state index is 0.207. The van der Waals surface area contributed by atoms with E-state index >= 15 is 0 Å². The zero-order valence-corrected chi connectivity index (χ0v) is 14.5. The van der Waals surface area contributed by atoms with Crippen LogP contribution in [0.2, 0.25) is 0 Å². The topological polar surface area (TPSA) is 130 Å². The molecule has 2 aromatic heterocycles. The highest BCUT2D eigenvalue weighted by Gasteiger charge is 2.48.